The molecule has 1 heterocycles. The van der Waals surface area contributed by atoms with Crippen LogP contribution in [0.3, 0.4) is 0 Å². The number of hydrogen-bond donors (Lipinski definition) is 3. The molecule has 0 spiro atoms. The van der Waals surface area contributed by atoms with E-state index in [2.05, 4.69) is 16.4 Å². The minimum Gasteiger partial charge on any atom is -0.367 e. The summed E-state index contributed by atoms with van der Waals surface area (Å²) in [6, 6.07) is 2.81. The summed E-state index contributed by atoms with van der Waals surface area (Å²) in [6.45, 7) is 2.05. The molecule has 1 aromatic heterocycles. The van der Waals surface area contributed by atoms with Crippen LogP contribution in [0.15, 0.2) is 18.5 Å². The van der Waals surface area contributed by atoms with E-state index >= 15 is 0 Å². The van der Waals surface area contributed by atoms with Gasteiger partial charge in [0.1, 0.15) is 0 Å². The molecule has 0 aliphatic heterocycles. The molecule has 0 aromatic carbocycles. The van der Waals surface area contributed by atoms with Gasteiger partial charge in [-0.05, 0) is 38.4 Å². The van der Waals surface area contributed by atoms with Crippen molar-refractivity contribution in [1.29, 1.82) is 0 Å². The molecule has 3 nitrogen and oxygen atoms in total. The molecule has 0 radical (unpaired) electrons. The van der Waals surface area contributed by atoms with Crippen LogP contribution < -0.4 is 11.1 Å². The number of rotatable bonds is 5. The van der Waals surface area contributed by atoms with Crippen molar-refractivity contribution in [2.75, 3.05) is 7.05 Å². The van der Waals surface area contributed by atoms with Crippen molar-refractivity contribution in [1.82, 2.24) is 10.3 Å². The third-order valence-electron chi connectivity index (χ3n) is 2.28. The van der Waals surface area contributed by atoms with Crippen LogP contribution in [-0.2, 0) is 0 Å². The predicted molar refractivity (Wildman–Crippen MR) is 55.5 cm³/mol. The molecule has 2 unspecified atom stereocenters. The van der Waals surface area contributed by atoms with Crippen LogP contribution >= 0.6 is 0 Å². The highest BCUT2D eigenvalue weighted by Gasteiger charge is 2.09. The Balaban J connectivity index is 2.44. The maximum absolute atomic E-state index is 5.71. The summed E-state index contributed by atoms with van der Waals surface area (Å²) >= 11 is 0. The van der Waals surface area contributed by atoms with Gasteiger partial charge < -0.3 is 16.0 Å². The molecule has 3 heteroatoms. The quantitative estimate of drug-likeness (QED) is 0.643. The number of aromatic amines is 1. The van der Waals surface area contributed by atoms with Gasteiger partial charge in [0.25, 0.3) is 0 Å². The van der Waals surface area contributed by atoms with E-state index in [0.29, 0.717) is 6.04 Å². The molecule has 0 aliphatic rings. The minimum atomic E-state index is 0.287. The van der Waals surface area contributed by atoms with Crippen molar-refractivity contribution in [3.63, 3.8) is 0 Å². The van der Waals surface area contributed by atoms with E-state index in [-0.39, 0.29) is 6.04 Å². The zero-order valence-corrected chi connectivity index (χ0v) is 8.38. The molecule has 1 rings (SSSR count). The standard InChI is InChI=1S/C10H19N3/c1-8(11)3-4-10(12-2)9-5-6-13-7-9/h5-8,10,12-13H,3-4,11H2,1-2H3. The average Bonchev–Trinajstić information content (AvgIpc) is 2.58. The Kier molecular flexibility index (Phi) is 3.99. The molecule has 13 heavy (non-hydrogen) atoms. The monoisotopic (exact) mass is 181 g/mol. The molecule has 2 atom stereocenters. The highest BCUT2D eigenvalue weighted by molar-refractivity contribution is 5.13. The van der Waals surface area contributed by atoms with Gasteiger partial charge >= 0.3 is 0 Å². The lowest BCUT2D eigenvalue weighted by molar-refractivity contribution is 0.497. The highest BCUT2D eigenvalue weighted by Crippen LogP contribution is 2.17. The molecule has 74 valence electrons. The second-order valence-corrected chi connectivity index (χ2v) is 3.54. The highest BCUT2D eigenvalue weighted by atomic mass is 14.9. The van der Waals surface area contributed by atoms with Gasteiger partial charge in [-0.15, -0.1) is 0 Å². The van der Waals surface area contributed by atoms with Crippen molar-refractivity contribution in [2.24, 2.45) is 5.73 Å². The van der Waals surface area contributed by atoms with Crippen LogP contribution in [0.4, 0.5) is 0 Å². The maximum atomic E-state index is 5.71. The van der Waals surface area contributed by atoms with Crippen LogP contribution in [0.1, 0.15) is 31.4 Å². The molecule has 0 fully saturated rings. The smallest absolute Gasteiger partial charge is 0.0333 e. The van der Waals surface area contributed by atoms with Crippen molar-refractivity contribution in [3.05, 3.63) is 24.0 Å². The molecular formula is C10H19N3. The summed E-state index contributed by atoms with van der Waals surface area (Å²) in [4.78, 5) is 3.06. The Morgan fingerprint density at radius 1 is 1.54 bits per heavy atom. The summed E-state index contributed by atoms with van der Waals surface area (Å²) < 4.78 is 0. The molecule has 1 aromatic rings. The van der Waals surface area contributed by atoms with Crippen LogP contribution in [-0.4, -0.2) is 18.1 Å². The number of nitrogens with two attached hydrogens (primary N) is 1. The van der Waals surface area contributed by atoms with Gasteiger partial charge in [0.15, 0.2) is 0 Å². The van der Waals surface area contributed by atoms with Crippen molar-refractivity contribution in [2.45, 2.75) is 31.8 Å². The fraction of sp³-hybridized carbons (Fsp3) is 0.600. The normalized spacial score (nSPS) is 15.6. The van der Waals surface area contributed by atoms with Crippen LogP contribution in [0.5, 0.6) is 0 Å². The van der Waals surface area contributed by atoms with Gasteiger partial charge in [0.05, 0.1) is 0 Å². The first kappa shape index (κ1) is 10.3. The number of aromatic nitrogens is 1. The summed E-state index contributed by atoms with van der Waals surface area (Å²) in [5, 5.41) is 3.28. The summed E-state index contributed by atoms with van der Waals surface area (Å²) in [6.07, 6.45) is 6.12. The van der Waals surface area contributed by atoms with E-state index in [1.165, 1.54) is 5.56 Å². The lowest BCUT2D eigenvalue weighted by Crippen LogP contribution is -2.21. The zero-order chi connectivity index (χ0) is 9.68. The van der Waals surface area contributed by atoms with Crippen molar-refractivity contribution >= 4 is 0 Å². The van der Waals surface area contributed by atoms with E-state index < -0.39 is 0 Å². The number of hydrogen-bond acceptors (Lipinski definition) is 2. The van der Waals surface area contributed by atoms with Gasteiger partial charge in [-0.1, -0.05) is 0 Å². The number of H-pyrrole nitrogens is 1. The van der Waals surface area contributed by atoms with E-state index in [0.717, 1.165) is 12.8 Å². The Morgan fingerprint density at radius 3 is 2.77 bits per heavy atom. The predicted octanol–water partition coefficient (Wildman–Crippen LogP) is 1.40. The number of nitrogens with one attached hydrogen (secondary N) is 2. The first-order valence-corrected chi connectivity index (χ1v) is 4.79. The second kappa shape index (κ2) is 5.04. The topological polar surface area (TPSA) is 53.8 Å². The van der Waals surface area contributed by atoms with Gasteiger partial charge in [0, 0.05) is 24.5 Å². The maximum Gasteiger partial charge on any atom is 0.0333 e. The molecule has 0 aliphatic carbocycles. The SMILES string of the molecule is CNC(CCC(C)N)c1cc[nH]c1. The summed E-state index contributed by atoms with van der Waals surface area (Å²) in [5.41, 5.74) is 7.02. The molecule has 0 bridgehead atoms. The van der Waals surface area contributed by atoms with Gasteiger partial charge in [-0.2, -0.15) is 0 Å². The van der Waals surface area contributed by atoms with E-state index in [1.54, 1.807) is 0 Å². The van der Waals surface area contributed by atoms with Crippen molar-refractivity contribution < 1.29 is 0 Å². The van der Waals surface area contributed by atoms with E-state index in [4.69, 9.17) is 5.73 Å². The lowest BCUT2D eigenvalue weighted by Gasteiger charge is -2.15. The summed E-state index contributed by atoms with van der Waals surface area (Å²) in [5.74, 6) is 0. The second-order valence-electron chi connectivity index (χ2n) is 3.54. The van der Waals surface area contributed by atoms with Gasteiger partial charge in [-0.25, -0.2) is 0 Å². The summed E-state index contributed by atoms with van der Waals surface area (Å²) in [7, 11) is 1.98. The molecule has 0 amide bonds. The molecule has 0 saturated carbocycles. The Bertz CT molecular complexity index is 216. The van der Waals surface area contributed by atoms with E-state index in [1.807, 2.05) is 26.4 Å². The fourth-order valence-corrected chi connectivity index (χ4v) is 1.46. The largest absolute Gasteiger partial charge is 0.367 e. The zero-order valence-electron chi connectivity index (χ0n) is 8.38. The van der Waals surface area contributed by atoms with Crippen molar-refractivity contribution in [3.8, 4) is 0 Å². The Hall–Kier alpha value is -0.800. The molecule has 0 saturated heterocycles. The minimum absolute atomic E-state index is 0.287. The lowest BCUT2D eigenvalue weighted by atomic mass is 10.0. The fourth-order valence-electron chi connectivity index (χ4n) is 1.46. The van der Waals surface area contributed by atoms with E-state index in [9.17, 15) is 0 Å². The molecular weight excluding hydrogens is 162 g/mol. The first-order chi connectivity index (χ1) is 6.24. The third kappa shape index (κ3) is 3.20. The van der Waals surface area contributed by atoms with Crippen LogP contribution in [0.2, 0.25) is 0 Å². The van der Waals surface area contributed by atoms with Crippen LogP contribution in [0, 0.1) is 0 Å². The van der Waals surface area contributed by atoms with Gasteiger partial charge in [0.2, 0.25) is 0 Å². The molecule has 4 N–H and O–H groups in total. The Morgan fingerprint density at radius 2 is 2.31 bits per heavy atom. The first-order valence-electron chi connectivity index (χ1n) is 4.79. The van der Waals surface area contributed by atoms with Crippen LogP contribution in [0.25, 0.3) is 0 Å². The third-order valence-corrected chi connectivity index (χ3v) is 2.28. The average molecular weight is 181 g/mol. The Labute approximate surface area is 79.7 Å². The van der Waals surface area contributed by atoms with Gasteiger partial charge in [-0.3, -0.25) is 0 Å².